The van der Waals surface area contributed by atoms with Gasteiger partial charge in [0, 0.05) is 17.0 Å². The van der Waals surface area contributed by atoms with Gasteiger partial charge in [0.05, 0.1) is 17.4 Å². The molecule has 0 aromatic heterocycles. The summed E-state index contributed by atoms with van der Waals surface area (Å²) in [6.45, 7) is 2.01. The number of hydrogen-bond donors (Lipinski definition) is 2. The van der Waals surface area contributed by atoms with E-state index in [1.807, 2.05) is 25.1 Å². The summed E-state index contributed by atoms with van der Waals surface area (Å²) in [5.41, 5.74) is 1.99. The molecule has 2 amide bonds. The zero-order valence-corrected chi connectivity index (χ0v) is 14.0. The average molecular weight is 344 g/mol. The lowest BCUT2D eigenvalue weighted by molar-refractivity contribution is -0.120. The SMILES string of the molecule is CC1Sc2ccc(CC(=O)NCc3ccccc3F)cc2NC1=O. The quantitative estimate of drug-likeness (QED) is 0.896. The number of anilines is 1. The summed E-state index contributed by atoms with van der Waals surface area (Å²) in [4.78, 5) is 24.8. The molecule has 3 rings (SSSR count). The van der Waals surface area contributed by atoms with Crippen LogP contribution in [0.25, 0.3) is 0 Å². The Morgan fingerprint density at radius 2 is 2.08 bits per heavy atom. The molecule has 0 bridgehead atoms. The number of amides is 2. The van der Waals surface area contributed by atoms with Crippen LogP contribution >= 0.6 is 11.8 Å². The zero-order valence-electron chi connectivity index (χ0n) is 13.1. The van der Waals surface area contributed by atoms with Crippen LogP contribution in [-0.2, 0) is 22.6 Å². The van der Waals surface area contributed by atoms with E-state index in [1.54, 1.807) is 18.2 Å². The summed E-state index contributed by atoms with van der Waals surface area (Å²) in [5.74, 6) is -0.560. The van der Waals surface area contributed by atoms with E-state index in [2.05, 4.69) is 10.6 Å². The van der Waals surface area contributed by atoms with Gasteiger partial charge in [0.1, 0.15) is 5.82 Å². The number of hydrogen-bond acceptors (Lipinski definition) is 3. The highest BCUT2D eigenvalue weighted by Gasteiger charge is 2.23. The lowest BCUT2D eigenvalue weighted by atomic mass is 10.1. The van der Waals surface area contributed by atoms with Gasteiger partial charge in [0.25, 0.3) is 0 Å². The van der Waals surface area contributed by atoms with Gasteiger partial charge in [-0.3, -0.25) is 9.59 Å². The van der Waals surface area contributed by atoms with E-state index in [4.69, 9.17) is 0 Å². The molecule has 4 nitrogen and oxygen atoms in total. The molecule has 0 radical (unpaired) electrons. The van der Waals surface area contributed by atoms with Gasteiger partial charge in [-0.2, -0.15) is 0 Å². The Kier molecular flexibility index (Phi) is 4.85. The topological polar surface area (TPSA) is 58.2 Å². The fraction of sp³-hybridized carbons (Fsp3) is 0.222. The van der Waals surface area contributed by atoms with Crippen molar-refractivity contribution in [3.63, 3.8) is 0 Å². The van der Waals surface area contributed by atoms with Crippen molar-refractivity contribution in [2.45, 2.75) is 30.0 Å². The van der Waals surface area contributed by atoms with Crippen LogP contribution in [0.5, 0.6) is 0 Å². The monoisotopic (exact) mass is 344 g/mol. The van der Waals surface area contributed by atoms with Gasteiger partial charge < -0.3 is 10.6 Å². The van der Waals surface area contributed by atoms with Gasteiger partial charge in [0.15, 0.2) is 0 Å². The summed E-state index contributed by atoms with van der Waals surface area (Å²) >= 11 is 1.50. The number of halogens is 1. The first-order valence-electron chi connectivity index (χ1n) is 7.63. The number of nitrogens with one attached hydrogen (secondary N) is 2. The Hall–Kier alpha value is -2.34. The first kappa shape index (κ1) is 16.5. The Bertz CT molecular complexity index is 794. The smallest absolute Gasteiger partial charge is 0.237 e. The van der Waals surface area contributed by atoms with Crippen LogP contribution in [-0.4, -0.2) is 17.1 Å². The highest BCUT2D eigenvalue weighted by Crippen LogP contribution is 2.35. The second kappa shape index (κ2) is 7.05. The van der Waals surface area contributed by atoms with Crippen LogP contribution in [0.4, 0.5) is 10.1 Å². The average Bonchev–Trinajstić information content (AvgIpc) is 2.55. The van der Waals surface area contributed by atoms with Crippen molar-refractivity contribution >= 4 is 29.3 Å². The molecule has 24 heavy (non-hydrogen) atoms. The van der Waals surface area contributed by atoms with Crippen molar-refractivity contribution in [3.8, 4) is 0 Å². The summed E-state index contributed by atoms with van der Waals surface area (Å²) in [7, 11) is 0. The van der Waals surface area contributed by atoms with Crippen LogP contribution in [0.3, 0.4) is 0 Å². The van der Waals surface area contributed by atoms with Gasteiger partial charge in [-0.05, 0) is 30.7 Å². The Morgan fingerprint density at radius 1 is 1.29 bits per heavy atom. The Labute approximate surface area is 143 Å². The maximum Gasteiger partial charge on any atom is 0.237 e. The zero-order chi connectivity index (χ0) is 17.1. The molecule has 0 fully saturated rings. The van der Waals surface area contributed by atoms with Gasteiger partial charge >= 0.3 is 0 Å². The van der Waals surface area contributed by atoms with Crippen LogP contribution in [0.2, 0.25) is 0 Å². The lowest BCUT2D eigenvalue weighted by Crippen LogP contribution is -2.27. The molecule has 1 heterocycles. The molecule has 0 saturated heterocycles. The molecular weight excluding hydrogens is 327 g/mol. The minimum absolute atomic E-state index is 0.0337. The number of carbonyl (C=O) groups is 2. The van der Waals surface area contributed by atoms with E-state index in [0.717, 1.165) is 16.1 Å². The second-order valence-electron chi connectivity index (χ2n) is 5.62. The fourth-order valence-electron chi connectivity index (χ4n) is 2.45. The minimum Gasteiger partial charge on any atom is -0.352 e. The number of benzene rings is 2. The van der Waals surface area contributed by atoms with E-state index in [1.165, 1.54) is 17.8 Å². The summed E-state index contributed by atoms with van der Waals surface area (Å²) in [5, 5.41) is 5.44. The lowest BCUT2D eigenvalue weighted by Gasteiger charge is -2.21. The van der Waals surface area contributed by atoms with Gasteiger partial charge in [0.2, 0.25) is 11.8 Å². The third kappa shape index (κ3) is 3.76. The Morgan fingerprint density at radius 3 is 2.88 bits per heavy atom. The number of carbonyl (C=O) groups excluding carboxylic acids is 2. The molecule has 124 valence electrons. The molecule has 2 aromatic carbocycles. The molecule has 1 atom stereocenters. The number of thioether (sulfide) groups is 1. The van der Waals surface area contributed by atoms with Crippen LogP contribution < -0.4 is 10.6 Å². The first-order valence-corrected chi connectivity index (χ1v) is 8.51. The Balaban J connectivity index is 1.62. The third-order valence-corrected chi connectivity index (χ3v) is 4.95. The van der Waals surface area contributed by atoms with Crippen LogP contribution in [0, 0.1) is 5.82 Å². The van der Waals surface area contributed by atoms with E-state index < -0.39 is 0 Å². The summed E-state index contributed by atoms with van der Waals surface area (Å²) < 4.78 is 13.5. The van der Waals surface area contributed by atoms with Gasteiger partial charge in [-0.25, -0.2) is 4.39 Å². The molecule has 2 aromatic rings. The van der Waals surface area contributed by atoms with Crippen molar-refractivity contribution in [2.75, 3.05) is 5.32 Å². The normalized spacial score (nSPS) is 16.2. The van der Waals surface area contributed by atoms with E-state index in [0.29, 0.717) is 5.56 Å². The maximum absolute atomic E-state index is 13.5. The van der Waals surface area contributed by atoms with Crippen LogP contribution in [0.1, 0.15) is 18.1 Å². The molecule has 0 saturated carbocycles. The molecule has 0 spiro atoms. The molecular formula is C18H17FN2O2S. The maximum atomic E-state index is 13.5. The number of rotatable bonds is 4. The van der Waals surface area contributed by atoms with Crippen molar-refractivity contribution in [1.82, 2.24) is 5.32 Å². The second-order valence-corrected chi connectivity index (χ2v) is 7.01. The molecule has 2 N–H and O–H groups in total. The fourth-order valence-corrected chi connectivity index (χ4v) is 3.38. The predicted octanol–water partition coefficient (Wildman–Crippen LogP) is 3.12. The van der Waals surface area contributed by atoms with Crippen molar-refractivity contribution in [1.29, 1.82) is 0 Å². The van der Waals surface area contributed by atoms with Crippen molar-refractivity contribution in [2.24, 2.45) is 0 Å². The van der Waals surface area contributed by atoms with Crippen molar-refractivity contribution < 1.29 is 14.0 Å². The third-order valence-electron chi connectivity index (χ3n) is 3.77. The first-order chi connectivity index (χ1) is 11.5. The van der Waals surface area contributed by atoms with E-state index in [-0.39, 0.29) is 35.8 Å². The highest BCUT2D eigenvalue weighted by atomic mass is 32.2. The van der Waals surface area contributed by atoms with Crippen LogP contribution in [0.15, 0.2) is 47.4 Å². The molecule has 1 aliphatic rings. The van der Waals surface area contributed by atoms with E-state index >= 15 is 0 Å². The standard InChI is InChI=1S/C18H17FN2O2S/c1-11-18(23)21-15-8-12(6-7-16(15)24-11)9-17(22)20-10-13-4-2-3-5-14(13)19/h2-8,11H,9-10H2,1H3,(H,20,22)(H,21,23). The minimum atomic E-state index is -0.333. The summed E-state index contributed by atoms with van der Waals surface area (Å²) in [6.07, 6.45) is 0.178. The largest absolute Gasteiger partial charge is 0.352 e. The molecule has 6 heteroatoms. The predicted molar refractivity (Wildman–Crippen MR) is 92.3 cm³/mol. The van der Waals surface area contributed by atoms with E-state index in [9.17, 15) is 14.0 Å². The van der Waals surface area contributed by atoms with Crippen molar-refractivity contribution in [3.05, 3.63) is 59.4 Å². The van der Waals surface area contributed by atoms with Gasteiger partial charge in [-0.15, -0.1) is 11.8 Å². The number of fused-ring (bicyclic) bond motifs is 1. The highest BCUT2D eigenvalue weighted by molar-refractivity contribution is 8.00. The van der Waals surface area contributed by atoms with Gasteiger partial charge in [-0.1, -0.05) is 24.3 Å². The molecule has 1 unspecified atom stereocenters. The molecule has 0 aliphatic carbocycles. The summed E-state index contributed by atoms with van der Waals surface area (Å²) in [6, 6.07) is 12.0. The molecule has 1 aliphatic heterocycles.